The number of carboxylic acid groups (broad SMARTS) is 1. The molecule has 0 aliphatic carbocycles. The highest BCUT2D eigenvalue weighted by Gasteiger charge is 2.20. The van der Waals surface area contributed by atoms with Crippen molar-refractivity contribution in [2.24, 2.45) is 5.92 Å². The maximum atomic E-state index is 12.3. The number of nitrogens with one attached hydrogen (secondary N) is 1. The number of carbonyl (C=O) groups excluding carboxylic acids is 1. The number of nitrogens with zero attached hydrogens (tertiary/aromatic N) is 2. The molecule has 0 radical (unpaired) electrons. The molecule has 1 aromatic heterocycles. The fraction of sp³-hybridized carbons (Fsp3) is 0.353. The van der Waals surface area contributed by atoms with Gasteiger partial charge in [0.15, 0.2) is 5.82 Å². The Hall–Kier alpha value is -2.63. The maximum Gasteiger partial charge on any atom is 0.325 e. The van der Waals surface area contributed by atoms with Crippen molar-refractivity contribution in [2.75, 3.05) is 5.32 Å². The molecule has 1 unspecified atom stereocenters. The number of aliphatic carboxylic acids is 1. The van der Waals surface area contributed by atoms with Crippen molar-refractivity contribution in [1.82, 2.24) is 9.78 Å². The fourth-order valence-corrected chi connectivity index (χ4v) is 2.49. The van der Waals surface area contributed by atoms with Gasteiger partial charge in [0.25, 0.3) is 0 Å². The summed E-state index contributed by atoms with van der Waals surface area (Å²) in [4.78, 5) is 22.9. The summed E-state index contributed by atoms with van der Waals surface area (Å²) in [5.74, 6) is -0.292. The summed E-state index contributed by atoms with van der Waals surface area (Å²) < 4.78 is 1.27. The lowest BCUT2D eigenvalue weighted by molar-refractivity contribution is -0.137. The van der Waals surface area contributed by atoms with E-state index < -0.39 is 5.97 Å². The Morgan fingerprint density at radius 3 is 2.52 bits per heavy atom. The van der Waals surface area contributed by atoms with E-state index in [9.17, 15) is 9.59 Å². The molecular formula is C17H21N3O3. The minimum Gasteiger partial charge on any atom is -0.480 e. The van der Waals surface area contributed by atoms with E-state index in [-0.39, 0.29) is 18.4 Å². The minimum absolute atomic E-state index is 0.123. The number of rotatable bonds is 7. The van der Waals surface area contributed by atoms with Crippen LogP contribution in [0.5, 0.6) is 0 Å². The molecule has 1 amide bonds. The molecule has 2 N–H and O–H groups in total. The van der Waals surface area contributed by atoms with Gasteiger partial charge in [-0.25, -0.2) is 0 Å². The van der Waals surface area contributed by atoms with E-state index in [4.69, 9.17) is 5.11 Å². The van der Waals surface area contributed by atoms with Gasteiger partial charge in [0.1, 0.15) is 6.54 Å². The van der Waals surface area contributed by atoms with Gasteiger partial charge < -0.3 is 10.4 Å². The highest BCUT2D eigenvalue weighted by molar-refractivity contribution is 5.90. The summed E-state index contributed by atoms with van der Waals surface area (Å²) in [6, 6.07) is 11.5. The third-order valence-corrected chi connectivity index (χ3v) is 3.64. The van der Waals surface area contributed by atoms with Gasteiger partial charge in [0.2, 0.25) is 5.91 Å². The van der Waals surface area contributed by atoms with Crippen molar-refractivity contribution in [3.05, 3.63) is 48.2 Å². The van der Waals surface area contributed by atoms with Crippen LogP contribution in [-0.2, 0) is 16.1 Å². The molecule has 1 atom stereocenters. The second-order valence-corrected chi connectivity index (χ2v) is 5.81. The van der Waals surface area contributed by atoms with Crippen molar-refractivity contribution in [2.45, 2.75) is 32.7 Å². The average molecular weight is 315 g/mol. The van der Waals surface area contributed by atoms with Crippen LogP contribution < -0.4 is 5.32 Å². The molecule has 6 nitrogen and oxygen atoms in total. The SMILES string of the molecule is CC(C)C(CC(=O)Nc1ccn(CC(=O)O)n1)c1ccccc1. The van der Waals surface area contributed by atoms with Crippen LogP contribution in [0.2, 0.25) is 0 Å². The van der Waals surface area contributed by atoms with Crippen LogP contribution in [0.1, 0.15) is 31.7 Å². The van der Waals surface area contributed by atoms with Crippen molar-refractivity contribution < 1.29 is 14.7 Å². The number of carbonyl (C=O) groups is 2. The molecule has 0 spiro atoms. The van der Waals surface area contributed by atoms with Crippen LogP contribution in [0, 0.1) is 5.92 Å². The van der Waals surface area contributed by atoms with Gasteiger partial charge in [-0.15, -0.1) is 0 Å². The van der Waals surface area contributed by atoms with Crippen LogP contribution in [0.4, 0.5) is 5.82 Å². The second-order valence-electron chi connectivity index (χ2n) is 5.81. The molecule has 2 aromatic rings. The number of amides is 1. The van der Waals surface area contributed by atoms with Crippen LogP contribution in [-0.4, -0.2) is 26.8 Å². The lowest BCUT2D eigenvalue weighted by Gasteiger charge is -2.20. The number of benzene rings is 1. The lowest BCUT2D eigenvalue weighted by Crippen LogP contribution is -2.19. The van der Waals surface area contributed by atoms with E-state index in [2.05, 4.69) is 24.3 Å². The molecule has 1 heterocycles. The fourth-order valence-electron chi connectivity index (χ4n) is 2.49. The summed E-state index contributed by atoms with van der Waals surface area (Å²) >= 11 is 0. The number of aromatic nitrogens is 2. The minimum atomic E-state index is -0.977. The quantitative estimate of drug-likeness (QED) is 0.823. The summed E-state index contributed by atoms with van der Waals surface area (Å²) in [7, 11) is 0. The van der Waals surface area contributed by atoms with Gasteiger partial charge in [-0.05, 0) is 17.4 Å². The Kier molecular flexibility index (Phi) is 5.51. The van der Waals surface area contributed by atoms with Gasteiger partial charge in [-0.1, -0.05) is 44.2 Å². The maximum absolute atomic E-state index is 12.3. The third-order valence-electron chi connectivity index (χ3n) is 3.64. The predicted octanol–water partition coefficient (Wildman–Crippen LogP) is 2.74. The lowest BCUT2D eigenvalue weighted by atomic mass is 9.85. The monoisotopic (exact) mass is 315 g/mol. The van der Waals surface area contributed by atoms with Gasteiger partial charge in [-0.2, -0.15) is 5.10 Å². The van der Waals surface area contributed by atoms with Gasteiger partial charge in [0.05, 0.1) is 0 Å². The Labute approximate surface area is 135 Å². The molecule has 0 saturated heterocycles. The summed E-state index contributed by atoms with van der Waals surface area (Å²) in [6.45, 7) is 3.95. The van der Waals surface area contributed by atoms with Crippen molar-refractivity contribution in [3.63, 3.8) is 0 Å². The number of hydrogen-bond donors (Lipinski definition) is 2. The Balaban J connectivity index is 1.99. The first-order chi connectivity index (χ1) is 11.0. The van der Waals surface area contributed by atoms with Crippen LogP contribution >= 0.6 is 0 Å². The van der Waals surface area contributed by atoms with E-state index in [1.54, 1.807) is 6.07 Å². The van der Waals surface area contributed by atoms with Crippen molar-refractivity contribution >= 4 is 17.7 Å². The molecule has 0 fully saturated rings. The van der Waals surface area contributed by atoms with Gasteiger partial charge in [0, 0.05) is 18.7 Å². The van der Waals surface area contributed by atoms with Crippen molar-refractivity contribution in [1.29, 1.82) is 0 Å². The third kappa shape index (κ3) is 4.95. The van der Waals surface area contributed by atoms with E-state index in [0.717, 1.165) is 5.56 Å². The topological polar surface area (TPSA) is 84.2 Å². The first kappa shape index (κ1) is 16.7. The zero-order valence-electron chi connectivity index (χ0n) is 13.3. The highest BCUT2D eigenvalue weighted by atomic mass is 16.4. The standard InChI is InChI=1S/C17H21N3O3/c1-12(2)14(13-6-4-3-5-7-13)10-16(21)18-15-8-9-20(19-15)11-17(22)23/h3-9,12,14H,10-11H2,1-2H3,(H,22,23)(H,18,19,21). The zero-order valence-corrected chi connectivity index (χ0v) is 13.3. The number of hydrogen-bond acceptors (Lipinski definition) is 3. The normalized spacial score (nSPS) is 12.1. The van der Waals surface area contributed by atoms with Gasteiger partial charge >= 0.3 is 5.97 Å². The molecule has 0 aliphatic heterocycles. The molecule has 1 aromatic carbocycles. The Morgan fingerprint density at radius 2 is 1.91 bits per heavy atom. The van der Waals surface area contributed by atoms with E-state index in [1.165, 1.54) is 10.9 Å². The highest BCUT2D eigenvalue weighted by Crippen LogP contribution is 2.28. The molecule has 6 heteroatoms. The van der Waals surface area contributed by atoms with Crippen LogP contribution in [0.3, 0.4) is 0 Å². The Morgan fingerprint density at radius 1 is 1.22 bits per heavy atom. The van der Waals surface area contributed by atoms with E-state index >= 15 is 0 Å². The van der Waals surface area contributed by atoms with Crippen LogP contribution in [0.15, 0.2) is 42.6 Å². The molecule has 2 rings (SSSR count). The number of anilines is 1. The first-order valence-corrected chi connectivity index (χ1v) is 7.55. The molecule has 0 aliphatic rings. The summed E-state index contributed by atoms with van der Waals surface area (Å²) in [5.41, 5.74) is 1.13. The predicted molar refractivity (Wildman–Crippen MR) is 87.1 cm³/mol. The van der Waals surface area contributed by atoms with Crippen molar-refractivity contribution in [3.8, 4) is 0 Å². The molecule has 122 valence electrons. The van der Waals surface area contributed by atoms with Crippen LogP contribution in [0.25, 0.3) is 0 Å². The smallest absolute Gasteiger partial charge is 0.325 e. The second kappa shape index (κ2) is 7.58. The molecule has 0 bridgehead atoms. The zero-order chi connectivity index (χ0) is 16.8. The summed E-state index contributed by atoms with van der Waals surface area (Å²) in [6.07, 6.45) is 1.88. The molecular weight excluding hydrogens is 294 g/mol. The van der Waals surface area contributed by atoms with E-state index in [1.807, 2.05) is 30.3 Å². The average Bonchev–Trinajstić information content (AvgIpc) is 2.91. The van der Waals surface area contributed by atoms with E-state index in [0.29, 0.717) is 18.2 Å². The Bertz CT molecular complexity index is 665. The molecule has 0 saturated carbocycles. The number of carboxylic acids is 1. The largest absolute Gasteiger partial charge is 0.480 e. The van der Waals surface area contributed by atoms with Gasteiger partial charge in [-0.3, -0.25) is 14.3 Å². The first-order valence-electron chi connectivity index (χ1n) is 7.55. The molecule has 23 heavy (non-hydrogen) atoms. The summed E-state index contributed by atoms with van der Waals surface area (Å²) in [5, 5.41) is 15.5.